The van der Waals surface area contributed by atoms with Crippen molar-refractivity contribution in [3.8, 4) is 11.5 Å². The Hall–Kier alpha value is -2.63. The first-order valence-electron chi connectivity index (χ1n) is 8.27. The van der Waals surface area contributed by atoms with E-state index in [-0.39, 0.29) is 0 Å². The van der Waals surface area contributed by atoms with Gasteiger partial charge in [0.2, 0.25) is 0 Å². The van der Waals surface area contributed by atoms with Crippen LogP contribution in [0.15, 0.2) is 67.0 Å². The molecule has 3 rings (SSSR count). The average Bonchev–Trinajstić information content (AvgIpc) is 3.03. The number of ether oxygens (including phenoxy) is 1. The van der Waals surface area contributed by atoms with Crippen LogP contribution in [0.1, 0.15) is 18.1 Å². The predicted molar refractivity (Wildman–Crippen MR) is 97.4 cm³/mol. The van der Waals surface area contributed by atoms with Gasteiger partial charge in [0, 0.05) is 31.9 Å². The molecule has 0 spiro atoms. The zero-order valence-corrected chi connectivity index (χ0v) is 14.5. The number of nitrogens with one attached hydrogen (secondary N) is 1. The zero-order valence-electron chi connectivity index (χ0n) is 14.5. The smallest absolute Gasteiger partial charge is 0.127 e. The third kappa shape index (κ3) is 4.68. The molecule has 1 aromatic heterocycles. The molecular weight excluding hydrogens is 314 g/mol. The number of rotatable bonds is 7. The molecule has 0 saturated carbocycles. The van der Waals surface area contributed by atoms with Gasteiger partial charge in [-0.25, -0.2) is 0 Å². The van der Waals surface area contributed by atoms with Crippen LogP contribution in [-0.2, 0) is 19.2 Å². The normalized spacial score (nSPS) is 13.4. The van der Waals surface area contributed by atoms with Crippen LogP contribution in [0.3, 0.4) is 0 Å². The topological polar surface area (TPSA) is 59.3 Å². The molecule has 0 aliphatic carbocycles. The molecule has 5 nitrogen and oxygen atoms in total. The number of hydrogen-bond donors (Lipinski definition) is 2. The number of aromatic nitrogens is 2. The largest absolute Gasteiger partial charge is 0.457 e. The highest BCUT2D eigenvalue weighted by Gasteiger charge is 2.24. The van der Waals surface area contributed by atoms with E-state index in [1.807, 2.05) is 67.8 Å². The second kappa shape index (κ2) is 7.51. The monoisotopic (exact) mass is 337 g/mol. The Bertz CT molecular complexity index is 813. The maximum Gasteiger partial charge on any atom is 0.127 e. The van der Waals surface area contributed by atoms with Gasteiger partial charge in [-0.1, -0.05) is 30.3 Å². The number of nitrogens with zero attached hydrogens (tertiary/aromatic N) is 2. The summed E-state index contributed by atoms with van der Waals surface area (Å²) in [4.78, 5) is 0. The van der Waals surface area contributed by atoms with Crippen molar-refractivity contribution >= 4 is 0 Å². The van der Waals surface area contributed by atoms with Gasteiger partial charge in [0.25, 0.3) is 0 Å². The van der Waals surface area contributed by atoms with E-state index >= 15 is 0 Å². The molecule has 0 radical (unpaired) electrons. The van der Waals surface area contributed by atoms with Crippen LogP contribution in [0, 0.1) is 0 Å². The van der Waals surface area contributed by atoms with E-state index < -0.39 is 5.60 Å². The summed E-state index contributed by atoms with van der Waals surface area (Å²) in [5.74, 6) is 1.61. The Morgan fingerprint density at radius 3 is 2.60 bits per heavy atom. The number of para-hydroxylation sites is 1. The molecule has 0 aliphatic rings. The first-order valence-corrected chi connectivity index (χ1v) is 8.27. The summed E-state index contributed by atoms with van der Waals surface area (Å²) >= 11 is 0. The summed E-state index contributed by atoms with van der Waals surface area (Å²) in [7, 11) is 1.84. The van der Waals surface area contributed by atoms with Gasteiger partial charge in [-0.2, -0.15) is 5.10 Å². The van der Waals surface area contributed by atoms with Gasteiger partial charge in [-0.15, -0.1) is 0 Å². The number of aliphatic hydroxyl groups is 1. The molecule has 25 heavy (non-hydrogen) atoms. The van der Waals surface area contributed by atoms with Crippen LogP contribution in [0.5, 0.6) is 11.5 Å². The molecule has 0 aliphatic heterocycles. The van der Waals surface area contributed by atoms with Crippen molar-refractivity contribution in [1.82, 2.24) is 15.1 Å². The summed E-state index contributed by atoms with van der Waals surface area (Å²) in [6.45, 7) is 2.86. The Labute approximate surface area is 147 Å². The standard InChI is InChI=1S/C20H23N3O2/c1-20(24,17-13-22-23(2)14-17)15-21-12-16-7-6-10-19(11-16)25-18-8-4-3-5-9-18/h3-11,13-14,21,24H,12,15H2,1-2H3. The first kappa shape index (κ1) is 17.2. The number of hydrogen-bond acceptors (Lipinski definition) is 4. The van der Waals surface area contributed by atoms with Gasteiger partial charge in [0.15, 0.2) is 0 Å². The molecule has 130 valence electrons. The molecule has 1 unspecified atom stereocenters. The van der Waals surface area contributed by atoms with Crippen molar-refractivity contribution in [1.29, 1.82) is 0 Å². The summed E-state index contributed by atoms with van der Waals surface area (Å²) in [5, 5.41) is 18.0. The fraction of sp³-hybridized carbons (Fsp3) is 0.250. The predicted octanol–water partition coefficient (Wildman–Crippen LogP) is 3.21. The third-order valence-corrected chi connectivity index (χ3v) is 4.00. The van der Waals surface area contributed by atoms with Crippen LogP contribution in [0.2, 0.25) is 0 Å². The number of aryl methyl sites for hydroxylation is 1. The molecule has 1 atom stereocenters. The van der Waals surface area contributed by atoms with E-state index in [0.29, 0.717) is 13.1 Å². The Morgan fingerprint density at radius 1 is 1.12 bits per heavy atom. The van der Waals surface area contributed by atoms with Crippen molar-refractivity contribution in [2.24, 2.45) is 7.05 Å². The minimum absolute atomic E-state index is 0.433. The summed E-state index contributed by atoms with van der Waals surface area (Å²) < 4.78 is 7.54. The molecule has 0 amide bonds. The SMILES string of the molecule is Cn1cc(C(C)(O)CNCc2cccc(Oc3ccccc3)c2)cn1. The van der Waals surface area contributed by atoms with Gasteiger partial charge in [-0.3, -0.25) is 4.68 Å². The Kier molecular flexibility index (Phi) is 5.16. The average molecular weight is 337 g/mol. The van der Waals surface area contributed by atoms with Crippen LogP contribution >= 0.6 is 0 Å². The van der Waals surface area contributed by atoms with Crippen molar-refractivity contribution < 1.29 is 9.84 Å². The molecule has 0 fully saturated rings. The van der Waals surface area contributed by atoms with Gasteiger partial charge in [0.05, 0.1) is 6.20 Å². The second-order valence-electron chi connectivity index (χ2n) is 6.34. The van der Waals surface area contributed by atoms with Crippen LogP contribution in [0.25, 0.3) is 0 Å². The molecular formula is C20H23N3O2. The summed E-state index contributed by atoms with van der Waals surface area (Å²) in [6.07, 6.45) is 3.52. The lowest BCUT2D eigenvalue weighted by Crippen LogP contribution is -2.34. The minimum Gasteiger partial charge on any atom is -0.457 e. The second-order valence-corrected chi connectivity index (χ2v) is 6.34. The minimum atomic E-state index is -0.966. The highest BCUT2D eigenvalue weighted by molar-refractivity contribution is 5.33. The molecule has 2 aromatic carbocycles. The van der Waals surface area contributed by atoms with Crippen molar-refractivity contribution in [2.75, 3.05) is 6.54 Å². The van der Waals surface area contributed by atoms with E-state index in [0.717, 1.165) is 22.6 Å². The van der Waals surface area contributed by atoms with Gasteiger partial charge in [0.1, 0.15) is 17.1 Å². The lowest BCUT2D eigenvalue weighted by molar-refractivity contribution is 0.0566. The van der Waals surface area contributed by atoms with Crippen molar-refractivity contribution in [2.45, 2.75) is 19.1 Å². The maximum absolute atomic E-state index is 10.6. The lowest BCUT2D eigenvalue weighted by atomic mass is 9.99. The van der Waals surface area contributed by atoms with Gasteiger partial charge < -0.3 is 15.2 Å². The molecule has 2 N–H and O–H groups in total. The van der Waals surface area contributed by atoms with E-state index in [2.05, 4.69) is 10.4 Å². The van der Waals surface area contributed by atoms with Gasteiger partial charge >= 0.3 is 0 Å². The van der Waals surface area contributed by atoms with Crippen molar-refractivity contribution in [3.63, 3.8) is 0 Å². The molecule has 0 saturated heterocycles. The maximum atomic E-state index is 10.6. The van der Waals surface area contributed by atoms with Crippen molar-refractivity contribution in [3.05, 3.63) is 78.1 Å². The van der Waals surface area contributed by atoms with E-state index in [1.165, 1.54) is 0 Å². The fourth-order valence-electron chi connectivity index (χ4n) is 2.60. The highest BCUT2D eigenvalue weighted by Crippen LogP contribution is 2.22. The molecule has 3 aromatic rings. The fourth-order valence-corrected chi connectivity index (χ4v) is 2.60. The molecule has 5 heteroatoms. The van der Waals surface area contributed by atoms with E-state index in [4.69, 9.17) is 4.74 Å². The Balaban J connectivity index is 1.57. The highest BCUT2D eigenvalue weighted by atomic mass is 16.5. The van der Waals surface area contributed by atoms with Crippen LogP contribution in [0.4, 0.5) is 0 Å². The van der Waals surface area contributed by atoms with Crippen LogP contribution in [-0.4, -0.2) is 21.4 Å². The third-order valence-electron chi connectivity index (χ3n) is 4.00. The summed E-state index contributed by atoms with van der Waals surface area (Å²) in [5.41, 5.74) is 0.922. The van der Waals surface area contributed by atoms with E-state index in [1.54, 1.807) is 17.8 Å². The summed E-state index contributed by atoms with van der Waals surface area (Å²) in [6, 6.07) is 17.6. The number of benzene rings is 2. The molecule has 1 heterocycles. The quantitative estimate of drug-likeness (QED) is 0.695. The van der Waals surface area contributed by atoms with E-state index in [9.17, 15) is 5.11 Å². The first-order chi connectivity index (χ1) is 12.0. The zero-order chi connectivity index (χ0) is 17.7. The van der Waals surface area contributed by atoms with Crippen LogP contribution < -0.4 is 10.1 Å². The Morgan fingerprint density at radius 2 is 1.88 bits per heavy atom. The lowest BCUT2D eigenvalue weighted by Gasteiger charge is -2.22. The van der Waals surface area contributed by atoms with Gasteiger partial charge in [-0.05, 0) is 36.8 Å². The molecule has 0 bridgehead atoms.